The maximum Gasteiger partial charge on any atom is -0.0317 e. The second-order valence-electron chi connectivity index (χ2n) is 5.05. The van der Waals surface area contributed by atoms with E-state index in [0.717, 1.165) is 5.41 Å². The molecule has 0 nitrogen and oxygen atoms in total. The molecule has 0 spiro atoms. The van der Waals surface area contributed by atoms with Crippen LogP contribution in [0.15, 0.2) is 0 Å². The second kappa shape index (κ2) is 1.31. The highest BCUT2D eigenvalue weighted by atomic mass is 14.8. The van der Waals surface area contributed by atoms with Gasteiger partial charge in [-0.1, -0.05) is 20.3 Å². The molecule has 0 amide bonds. The molecule has 10 heavy (non-hydrogen) atoms. The summed E-state index contributed by atoms with van der Waals surface area (Å²) in [7, 11) is 0. The summed E-state index contributed by atoms with van der Waals surface area (Å²) in [5.74, 6) is 4.92. The van der Waals surface area contributed by atoms with Crippen molar-refractivity contribution in [3.8, 4) is 0 Å². The Hall–Kier alpha value is 0. The summed E-state index contributed by atoms with van der Waals surface area (Å²) < 4.78 is 0. The van der Waals surface area contributed by atoms with Gasteiger partial charge in [-0.25, -0.2) is 0 Å². The average molecular weight is 136 g/mol. The van der Waals surface area contributed by atoms with Crippen LogP contribution in [0.5, 0.6) is 0 Å². The fraction of sp³-hybridized carbons (Fsp3) is 1.00. The van der Waals surface area contributed by atoms with Crippen LogP contribution in [0.25, 0.3) is 0 Å². The van der Waals surface area contributed by atoms with Crippen molar-refractivity contribution < 1.29 is 0 Å². The zero-order valence-corrected chi connectivity index (χ0v) is 6.93. The van der Waals surface area contributed by atoms with E-state index >= 15 is 0 Å². The monoisotopic (exact) mass is 136 g/mol. The Morgan fingerprint density at radius 3 is 2.10 bits per heavy atom. The molecular weight excluding hydrogens is 120 g/mol. The number of rotatable bonds is 1. The van der Waals surface area contributed by atoms with Crippen molar-refractivity contribution in [1.29, 1.82) is 0 Å². The van der Waals surface area contributed by atoms with Crippen molar-refractivity contribution in [3.63, 3.8) is 0 Å². The Morgan fingerprint density at radius 1 is 1.20 bits per heavy atom. The largest absolute Gasteiger partial charge is 0.0649 e. The molecule has 0 aromatic carbocycles. The van der Waals surface area contributed by atoms with Gasteiger partial charge in [-0.15, -0.1) is 0 Å². The van der Waals surface area contributed by atoms with E-state index in [1.807, 2.05) is 0 Å². The lowest BCUT2D eigenvalue weighted by Gasteiger charge is -2.37. The molecule has 4 aliphatic carbocycles. The van der Waals surface area contributed by atoms with Crippen LogP contribution >= 0.6 is 0 Å². The maximum absolute atomic E-state index is 2.49. The van der Waals surface area contributed by atoms with E-state index < -0.39 is 0 Å². The Balaban J connectivity index is 1.79. The van der Waals surface area contributed by atoms with E-state index in [0.29, 0.717) is 0 Å². The Morgan fingerprint density at radius 2 is 1.70 bits per heavy atom. The van der Waals surface area contributed by atoms with Crippen molar-refractivity contribution in [2.75, 3.05) is 0 Å². The highest BCUT2D eigenvalue weighted by molar-refractivity contribution is 5.24. The molecule has 0 unspecified atom stereocenters. The van der Waals surface area contributed by atoms with Crippen LogP contribution < -0.4 is 0 Å². The van der Waals surface area contributed by atoms with Gasteiger partial charge in [0, 0.05) is 0 Å². The lowest BCUT2D eigenvalue weighted by atomic mass is 9.68. The standard InChI is InChI=1S/C10H16/c1-3-10(2)4-6-8-7(5-10)9(6)8/h6-9H,3-5H2,1-2H3. The van der Waals surface area contributed by atoms with Gasteiger partial charge >= 0.3 is 0 Å². The predicted octanol–water partition coefficient (Wildman–Crippen LogP) is 2.69. The molecule has 56 valence electrons. The van der Waals surface area contributed by atoms with E-state index in [4.69, 9.17) is 0 Å². The average Bonchev–Trinajstić information content (AvgIpc) is 2.78. The van der Waals surface area contributed by atoms with Crippen molar-refractivity contribution in [1.82, 2.24) is 0 Å². The zero-order chi connectivity index (χ0) is 6.93. The van der Waals surface area contributed by atoms with E-state index in [9.17, 15) is 0 Å². The molecule has 2 bridgehead atoms. The summed E-state index contributed by atoms with van der Waals surface area (Å²) in [6.07, 6.45) is 4.55. The fourth-order valence-corrected chi connectivity index (χ4v) is 3.40. The summed E-state index contributed by atoms with van der Waals surface area (Å²) in [4.78, 5) is 0. The van der Waals surface area contributed by atoms with E-state index in [-0.39, 0.29) is 0 Å². The van der Waals surface area contributed by atoms with Crippen LogP contribution in [0.2, 0.25) is 0 Å². The molecule has 0 saturated heterocycles. The van der Waals surface area contributed by atoms with Crippen molar-refractivity contribution in [2.24, 2.45) is 29.1 Å². The Kier molecular flexibility index (Phi) is 0.735. The van der Waals surface area contributed by atoms with E-state index in [1.165, 1.54) is 30.1 Å². The Bertz CT molecular complexity index is 158. The van der Waals surface area contributed by atoms with Gasteiger partial charge in [-0.05, 0) is 41.9 Å². The van der Waals surface area contributed by atoms with Crippen molar-refractivity contribution in [2.45, 2.75) is 33.1 Å². The minimum atomic E-state index is 0.763. The van der Waals surface area contributed by atoms with E-state index in [1.54, 1.807) is 12.8 Å². The van der Waals surface area contributed by atoms with Crippen LogP contribution in [-0.2, 0) is 0 Å². The second-order valence-corrected chi connectivity index (χ2v) is 5.05. The number of hydrogen-bond acceptors (Lipinski definition) is 0. The normalized spacial score (nSPS) is 69.0. The highest BCUT2D eigenvalue weighted by Gasteiger charge is 2.76. The molecule has 0 aromatic heterocycles. The molecule has 0 heteroatoms. The predicted molar refractivity (Wildman–Crippen MR) is 41.6 cm³/mol. The first-order valence-electron chi connectivity index (χ1n) is 4.75. The highest BCUT2D eigenvalue weighted by Crippen LogP contribution is 2.81. The van der Waals surface area contributed by atoms with Gasteiger partial charge in [-0.3, -0.25) is 0 Å². The summed E-state index contributed by atoms with van der Waals surface area (Å²) in [5, 5.41) is 0. The SMILES string of the molecule is CCC1(C)CC2C3C(C1)C23. The number of hydrogen-bond donors (Lipinski definition) is 0. The summed E-state index contributed by atoms with van der Waals surface area (Å²) in [6, 6.07) is 0. The summed E-state index contributed by atoms with van der Waals surface area (Å²) in [5.41, 5.74) is 0.763. The van der Waals surface area contributed by atoms with Gasteiger partial charge in [-0.2, -0.15) is 0 Å². The zero-order valence-electron chi connectivity index (χ0n) is 6.93. The summed E-state index contributed by atoms with van der Waals surface area (Å²) >= 11 is 0. The molecule has 4 fully saturated rings. The third-order valence-electron chi connectivity index (χ3n) is 4.45. The lowest BCUT2D eigenvalue weighted by Crippen LogP contribution is -2.27. The topological polar surface area (TPSA) is 0 Å². The molecule has 0 N–H and O–H groups in total. The first-order valence-corrected chi connectivity index (χ1v) is 4.75. The first kappa shape index (κ1) is 5.62. The fourth-order valence-electron chi connectivity index (χ4n) is 3.40. The van der Waals surface area contributed by atoms with Gasteiger partial charge in [0.05, 0.1) is 0 Å². The molecule has 0 atom stereocenters. The molecule has 0 heterocycles. The molecule has 4 saturated carbocycles. The molecular formula is C10H16. The number of fused-ring (bicyclic) bond motifs is 2. The third kappa shape index (κ3) is 0.466. The minimum absolute atomic E-state index is 0.763. The molecule has 4 rings (SSSR count). The Labute approximate surface area is 63.0 Å². The maximum atomic E-state index is 2.49. The summed E-state index contributed by atoms with van der Waals surface area (Å²) in [6.45, 7) is 4.85. The van der Waals surface area contributed by atoms with Gasteiger partial charge < -0.3 is 0 Å². The smallest absolute Gasteiger partial charge is 0.0317 e. The van der Waals surface area contributed by atoms with Crippen LogP contribution in [0.4, 0.5) is 0 Å². The van der Waals surface area contributed by atoms with Crippen LogP contribution in [-0.4, -0.2) is 0 Å². The van der Waals surface area contributed by atoms with Crippen LogP contribution in [0.1, 0.15) is 33.1 Å². The molecule has 4 aliphatic rings. The van der Waals surface area contributed by atoms with Crippen LogP contribution in [0, 0.1) is 29.1 Å². The van der Waals surface area contributed by atoms with E-state index in [2.05, 4.69) is 13.8 Å². The quantitative estimate of drug-likeness (QED) is 0.520. The van der Waals surface area contributed by atoms with Crippen LogP contribution in [0.3, 0.4) is 0 Å². The van der Waals surface area contributed by atoms with Gasteiger partial charge in [0.15, 0.2) is 0 Å². The molecule has 0 radical (unpaired) electrons. The van der Waals surface area contributed by atoms with Gasteiger partial charge in [0.1, 0.15) is 0 Å². The minimum Gasteiger partial charge on any atom is -0.0649 e. The van der Waals surface area contributed by atoms with Gasteiger partial charge in [0.25, 0.3) is 0 Å². The first-order chi connectivity index (χ1) is 4.75. The van der Waals surface area contributed by atoms with Crippen molar-refractivity contribution in [3.05, 3.63) is 0 Å². The third-order valence-corrected chi connectivity index (χ3v) is 4.45. The molecule has 0 aromatic rings. The van der Waals surface area contributed by atoms with Gasteiger partial charge in [0.2, 0.25) is 0 Å². The van der Waals surface area contributed by atoms with Crippen molar-refractivity contribution >= 4 is 0 Å². The lowest BCUT2D eigenvalue weighted by molar-refractivity contribution is 0.130. The molecule has 0 aliphatic heterocycles.